The summed E-state index contributed by atoms with van der Waals surface area (Å²) < 4.78 is 6.48. The van der Waals surface area contributed by atoms with Gasteiger partial charge in [-0.1, -0.05) is 182 Å². The summed E-state index contributed by atoms with van der Waals surface area (Å²) in [7, 11) is 0. The molecular weight excluding hydrogens is 765 g/mol. The maximum Gasteiger partial charge on any atom is 0.160 e. The quantitative estimate of drug-likeness (QED) is 0.161. The van der Waals surface area contributed by atoms with Crippen molar-refractivity contribution >= 4 is 21.9 Å². The maximum absolute atomic E-state index is 6.48. The van der Waals surface area contributed by atoms with E-state index in [4.69, 9.17) is 14.4 Å². The van der Waals surface area contributed by atoms with Crippen molar-refractivity contribution in [1.82, 2.24) is 9.97 Å². The van der Waals surface area contributed by atoms with Crippen molar-refractivity contribution in [3.05, 3.63) is 241 Å². The van der Waals surface area contributed by atoms with E-state index in [2.05, 4.69) is 201 Å². The fraction of sp³-hybridized carbons (Fsp3) is 0.0333. The average Bonchev–Trinajstić information content (AvgIpc) is 3.87. The van der Waals surface area contributed by atoms with Gasteiger partial charge in [0.05, 0.1) is 11.4 Å². The molecule has 0 saturated heterocycles. The Morgan fingerprint density at radius 1 is 0.349 bits per heavy atom. The second-order valence-electron chi connectivity index (χ2n) is 16.7. The van der Waals surface area contributed by atoms with Gasteiger partial charge in [0.25, 0.3) is 0 Å². The summed E-state index contributed by atoms with van der Waals surface area (Å²) in [5, 5.41) is 2.22. The van der Waals surface area contributed by atoms with Gasteiger partial charge in [-0.25, -0.2) is 9.97 Å². The van der Waals surface area contributed by atoms with Crippen LogP contribution < -0.4 is 0 Å². The molecule has 0 saturated carbocycles. The van der Waals surface area contributed by atoms with Crippen molar-refractivity contribution in [2.45, 2.75) is 12.3 Å². The van der Waals surface area contributed by atoms with E-state index in [-0.39, 0.29) is 5.41 Å². The van der Waals surface area contributed by atoms with Gasteiger partial charge < -0.3 is 4.42 Å². The molecule has 1 aliphatic carbocycles. The lowest BCUT2D eigenvalue weighted by Gasteiger charge is -2.28. The molecule has 63 heavy (non-hydrogen) atoms. The molecule has 1 atom stereocenters. The molecule has 12 rings (SSSR count). The molecule has 3 heteroatoms. The van der Waals surface area contributed by atoms with Gasteiger partial charge in [-0.05, 0) is 105 Å². The average molecular weight is 805 g/mol. The van der Waals surface area contributed by atoms with Crippen LogP contribution in [0.25, 0.3) is 100 Å². The lowest BCUT2D eigenvalue weighted by Crippen LogP contribution is -2.22. The summed E-state index contributed by atoms with van der Waals surface area (Å²) in [5.41, 5.74) is 19.3. The molecule has 0 aliphatic heterocycles. The number of rotatable bonds is 7. The minimum Gasteiger partial charge on any atom is -0.455 e. The molecule has 3 nitrogen and oxygen atoms in total. The van der Waals surface area contributed by atoms with Crippen LogP contribution in [-0.4, -0.2) is 9.97 Å². The summed E-state index contributed by atoms with van der Waals surface area (Å²) in [6, 6.07) is 80.1. The van der Waals surface area contributed by atoms with Crippen molar-refractivity contribution in [2.75, 3.05) is 0 Å². The number of fused-ring (bicyclic) bond motifs is 6. The first-order valence-electron chi connectivity index (χ1n) is 21.6. The Kier molecular flexibility index (Phi) is 8.62. The molecule has 0 amide bonds. The predicted molar refractivity (Wildman–Crippen MR) is 259 cm³/mol. The van der Waals surface area contributed by atoms with E-state index in [9.17, 15) is 0 Å². The molecule has 1 aliphatic rings. The molecule has 9 aromatic carbocycles. The zero-order valence-electron chi connectivity index (χ0n) is 34.7. The summed E-state index contributed by atoms with van der Waals surface area (Å²) in [6.07, 6.45) is 0. The Hall–Kier alpha value is -8.14. The molecule has 1 unspecified atom stereocenters. The van der Waals surface area contributed by atoms with Crippen LogP contribution in [0.2, 0.25) is 0 Å². The van der Waals surface area contributed by atoms with Crippen molar-refractivity contribution in [2.24, 2.45) is 0 Å². The number of furan rings is 1. The number of para-hydroxylation sites is 2. The van der Waals surface area contributed by atoms with Gasteiger partial charge in [-0.2, -0.15) is 0 Å². The Bertz CT molecular complexity index is 3520. The first-order valence-corrected chi connectivity index (χ1v) is 21.6. The van der Waals surface area contributed by atoms with Gasteiger partial charge in [0, 0.05) is 38.4 Å². The van der Waals surface area contributed by atoms with E-state index in [0.29, 0.717) is 5.82 Å². The summed E-state index contributed by atoms with van der Waals surface area (Å²) in [4.78, 5) is 10.6. The smallest absolute Gasteiger partial charge is 0.160 e. The Balaban J connectivity index is 1.03. The van der Waals surface area contributed by atoms with Crippen LogP contribution >= 0.6 is 0 Å². The highest BCUT2D eigenvalue weighted by molar-refractivity contribution is 6.09. The van der Waals surface area contributed by atoms with E-state index >= 15 is 0 Å². The van der Waals surface area contributed by atoms with Crippen molar-refractivity contribution in [3.63, 3.8) is 0 Å². The Labute approximate surface area is 366 Å². The zero-order chi connectivity index (χ0) is 41.9. The van der Waals surface area contributed by atoms with Crippen LogP contribution in [0.4, 0.5) is 0 Å². The third kappa shape index (κ3) is 6.20. The highest BCUT2D eigenvalue weighted by Crippen LogP contribution is 2.53. The highest BCUT2D eigenvalue weighted by Gasteiger charge is 2.40. The molecule has 0 radical (unpaired) electrons. The van der Waals surface area contributed by atoms with Crippen LogP contribution in [0, 0.1) is 0 Å². The van der Waals surface area contributed by atoms with Crippen molar-refractivity contribution in [3.8, 4) is 78.4 Å². The third-order valence-corrected chi connectivity index (χ3v) is 13.0. The SMILES string of the molecule is CC1(c2ccccc2)c2ccccc2-c2ccc(-c3cc(-c4ccccc4)cc(-c4cc(-c5cccc(-c6cccc7c6oc6ccccc67)c5)nc(-c5ccccc5)n4)c3)cc21. The van der Waals surface area contributed by atoms with Gasteiger partial charge >= 0.3 is 0 Å². The van der Waals surface area contributed by atoms with Crippen molar-refractivity contribution < 1.29 is 4.42 Å². The first-order chi connectivity index (χ1) is 31.1. The molecule has 0 N–H and O–H groups in total. The molecule has 2 heterocycles. The molecule has 2 aromatic heterocycles. The Morgan fingerprint density at radius 3 is 1.71 bits per heavy atom. The van der Waals surface area contributed by atoms with E-state index in [0.717, 1.165) is 83.4 Å². The molecule has 296 valence electrons. The number of nitrogens with zero attached hydrogens (tertiary/aromatic N) is 2. The third-order valence-electron chi connectivity index (χ3n) is 13.0. The predicted octanol–water partition coefficient (Wildman–Crippen LogP) is 15.7. The van der Waals surface area contributed by atoms with Gasteiger partial charge in [0.2, 0.25) is 0 Å². The van der Waals surface area contributed by atoms with Crippen LogP contribution in [0.1, 0.15) is 23.6 Å². The fourth-order valence-electron chi connectivity index (χ4n) is 9.77. The largest absolute Gasteiger partial charge is 0.455 e. The first kappa shape index (κ1) is 36.7. The topological polar surface area (TPSA) is 38.9 Å². The van der Waals surface area contributed by atoms with Crippen LogP contribution in [0.15, 0.2) is 229 Å². The second-order valence-corrected chi connectivity index (χ2v) is 16.7. The molecule has 11 aromatic rings. The minimum atomic E-state index is -0.306. The number of hydrogen-bond acceptors (Lipinski definition) is 3. The normalized spacial score (nSPS) is 14.2. The van der Waals surface area contributed by atoms with Crippen LogP contribution in [-0.2, 0) is 5.41 Å². The van der Waals surface area contributed by atoms with Crippen LogP contribution in [0.5, 0.6) is 0 Å². The van der Waals surface area contributed by atoms with Crippen LogP contribution in [0.3, 0.4) is 0 Å². The van der Waals surface area contributed by atoms with Gasteiger partial charge in [0.1, 0.15) is 11.2 Å². The van der Waals surface area contributed by atoms with Crippen molar-refractivity contribution in [1.29, 1.82) is 0 Å². The lowest BCUT2D eigenvalue weighted by atomic mass is 9.74. The number of hydrogen-bond donors (Lipinski definition) is 0. The molecular formula is C60H40N2O. The van der Waals surface area contributed by atoms with E-state index in [1.165, 1.54) is 27.8 Å². The molecule has 0 spiro atoms. The fourth-order valence-corrected chi connectivity index (χ4v) is 9.77. The van der Waals surface area contributed by atoms with Gasteiger partial charge in [0.15, 0.2) is 5.82 Å². The van der Waals surface area contributed by atoms with Gasteiger partial charge in [-0.15, -0.1) is 0 Å². The van der Waals surface area contributed by atoms with E-state index in [1.807, 2.05) is 30.3 Å². The summed E-state index contributed by atoms with van der Waals surface area (Å²) in [6.45, 7) is 2.38. The zero-order valence-corrected chi connectivity index (χ0v) is 34.7. The standard InChI is InChI=1S/C60H40N2O/c1-60(47-23-9-4-10-24-47)53-29-13-11-25-49(53)50-32-31-41(37-54(50)60)45-34-44(39-17-5-2-6-18-39)35-46(36-45)56-38-55(61-59(62-56)40-19-7-3-8-20-40)43-22-15-21-42(33-43)48-27-16-28-52-51-26-12-14-30-57(51)63-58(48)52/h2-38H,1H3. The maximum atomic E-state index is 6.48. The summed E-state index contributed by atoms with van der Waals surface area (Å²) in [5.74, 6) is 0.675. The van der Waals surface area contributed by atoms with E-state index in [1.54, 1.807) is 0 Å². The molecule has 0 fully saturated rings. The summed E-state index contributed by atoms with van der Waals surface area (Å²) >= 11 is 0. The van der Waals surface area contributed by atoms with Gasteiger partial charge in [-0.3, -0.25) is 0 Å². The minimum absolute atomic E-state index is 0.306. The molecule has 0 bridgehead atoms. The lowest BCUT2D eigenvalue weighted by molar-refractivity contribution is 0.670. The Morgan fingerprint density at radius 2 is 0.905 bits per heavy atom. The highest BCUT2D eigenvalue weighted by atomic mass is 16.3. The van der Waals surface area contributed by atoms with E-state index < -0.39 is 0 Å². The second kappa shape index (κ2) is 14.8. The number of benzene rings is 9. The number of aromatic nitrogens is 2. The monoisotopic (exact) mass is 804 g/mol.